The minimum absolute atomic E-state index is 0.00230. The fourth-order valence-corrected chi connectivity index (χ4v) is 9.76. The highest BCUT2D eigenvalue weighted by Crippen LogP contribution is 2.16. The van der Waals surface area contributed by atoms with Crippen LogP contribution in [-0.4, -0.2) is 313 Å². The molecular formula is C61H112N10O14. The molecule has 0 atom stereocenters. The van der Waals surface area contributed by atoms with Crippen LogP contribution >= 0.6 is 0 Å². The lowest BCUT2D eigenvalue weighted by Crippen LogP contribution is -2.51. The molecule has 85 heavy (non-hydrogen) atoms. The van der Waals surface area contributed by atoms with Crippen molar-refractivity contribution in [3.05, 3.63) is 0 Å². The monoisotopic (exact) mass is 1210 g/mol. The third-order valence-electron chi connectivity index (χ3n) is 13.4. The van der Waals surface area contributed by atoms with E-state index in [9.17, 15) is 38.4 Å². The zero-order valence-corrected chi connectivity index (χ0v) is 55.7. The van der Waals surface area contributed by atoms with Crippen LogP contribution in [0.1, 0.15) is 131 Å². The van der Waals surface area contributed by atoms with Gasteiger partial charge in [-0.2, -0.15) is 0 Å². The van der Waals surface area contributed by atoms with Crippen molar-refractivity contribution in [2.45, 2.75) is 165 Å². The van der Waals surface area contributed by atoms with Gasteiger partial charge < -0.3 is 38.2 Å². The number of hydrogen-bond acceptors (Lipinski definition) is 22. The van der Waals surface area contributed by atoms with Gasteiger partial charge in [0, 0.05) is 131 Å². The van der Waals surface area contributed by atoms with Crippen molar-refractivity contribution in [1.82, 2.24) is 49.0 Å². The van der Waals surface area contributed by atoms with Crippen molar-refractivity contribution in [1.29, 1.82) is 0 Å². The van der Waals surface area contributed by atoms with Crippen LogP contribution in [0.5, 0.6) is 0 Å². The molecule has 0 spiro atoms. The van der Waals surface area contributed by atoms with Gasteiger partial charge >= 0.3 is 35.8 Å². The summed E-state index contributed by atoms with van der Waals surface area (Å²) in [6.45, 7) is 41.0. The standard InChI is InChI=1S/C61H112N10O14/c1-56(2,3)80-50(74)42-64-26-22-62(23-27-65(43-51(75)81-57(4,5)6)31-35-68(34-30-64)46-54(78)84-60(13,14)15)40-48(72)70-20-19-21-71(39-38-70)49(73)41-63-24-28-66(44-52(76)82-58(7,8)9)32-36-69(47-55(79)85-61(16,17)18)37-33-67(29-25-63)45-53(77)83-59(10,11)12/h19-47H2,1-18H3. The summed E-state index contributed by atoms with van der Waals surface area (Å²) in [6.07, 6.45) is 0.553. The number of rotatable bonds is 16. The Hall–Kier alpha value is -4.56. The molecule has 3 fully saturated rings. The molecule has 0 saturated carbocycles. The minimum Gasteiger partial charge on any atom is -0.459 e. The first-order valence-electron chi connectivity index (χ1n) is 30.7. The lowest BCUT2D eigenvalue weighted by atomic mass is 10.2. The maximum absolute atomic E-state index is 14.5. The first-order valence-corrected chi connectivity index (χ1v) is 30.7. The third-order valence-corrected chi connectivity index (χ3v) is 13.4. The molecule has 24 heteroatoms. The summed E-state index contributed by atoms with van der Waals surface area (Å²) in [4.78, 5) is 128. The molecule has 3 rings (SSSR count). The van der Waals surface area contributed by atoms with E-state index in [1.807, 2.05) is 164 Å². The number of esters is 6. The van der Waals surface area contributed by atoms with E-state index in [1.165, 1.54) is 0 Å². The topological polar surface area (TPSA) is 224 Å². The second-order valence-electron chi connectivity index (χ2n) is 28.8. The molecule has 3 heterocycles. The van der Waals surface area contributed by atoms with Gasteiger partial charge in [0.1, 0.15) is 33.6 Å². The molecule has 0 aromatic rings. The quantitative estimate of drug-likeness (QED) is 0.160. The summed E-state index contributed by atoms with van der Waals surface area (Å²) in [5.74, 6) is -2.52. The van der Waals surface area contributed by atoms with Gasteiger partial charge in [-0.3, -0.25) is 77.6 Å². The van der Waals surface area contributed by atoms with Crippen LogP contribution in [0.25, 0.3) is 0 Å². The highest BCUT2D eigenvalue weighted by atomic mass is 16.6. The van der Waals surface area contributed by atoms with Gasteiger partial charge in [0.2, 0.25) is 11.8 Å². The molecule has 2 amide bonds. The zero-order chi connectivity index (χ0) is 64.1. The fourth-order valence-electron chi connectivity index (χ4n) is 9.76. The van der Waals surface area contributed by atoms with Crippen molar-refractivity contribution in [2.75, 3.05) is 183 Å². The van der Waals surface area contributed by atoms with Gasteiger partial charge in [0.15, 0.2) is 0 Å². The molecule has 0 aromatic carbocycles. The molecule has 0 N–H and O–H groups in total. The molecule has 0 unspecified atom stereocenters. The van der Waals surface area contributed by atoms with E-state index in [0.717, 1.165) is 0 Å². The summed E-state index contributed by atoms with van der Waals surface area (Å²) in [7, 11) is 0. The summed E-state index contributed by atoms with van der Waals surface area (Å²) < 4.78 is 34.3. The summed E-state index contributed by atoms with van der Waals surface area (Å²) in [5.41, 5.74) is -4.16. The largest absolute Gasteiger partial charge is 0.459 e. The Balaban J connectivity index is 1.85. The van der Waals surface area contributed by atoms with Crippen molar-refractivity contribution >= 4 is 47.6 Å². The Morgan fingerprint density at radius 1 is 0.224 bits per heavy atom. The normalized spacial score (nSPS) is 19.5. The number of ether oxygens (including phenoxy) is 6. The molecule has 490 valence electrons. The number of carbonyl (C=O) groups is 8. The average molecular weight is 1210 g/mol. The van der Waals surface area contributed by atoms with Gasteiger partial charge in [-0.25, -0.2) is 0 Å². The van der Waals surface area contributed by atoms with Gasteiger partial charge in [-0.05, 0) is 131 Å². The molecule has 3 saturated heterocycles. The fraction of sp³-hybridized carbons (Fsp3) is 0.869. The zero-order valence-electron chi connectivity index (χ0n) is 55.7. The highest BCUT2D eigenvalue weighted by molar-refractivity contribution is 5.80. The van der Waals surface area contributed by atoms with E-state index in [4.69, 9.17) is 28.4 Å². The number of nitrogens with zero attached hydrogens (tertiary/aromatic N) is 10. The third kappa shape index (κ3) is 35.1. The molecule has 24 nitrogen and oxygen atoms in total. The Morgan fingerprint density at radius 2 is 0.365 bits per heavy atom. The van der Waals surface area contributed by atoms with Gasteiger partial charge in [0.25, 0.3) is 0 Å². The van der Waals surface area contributed by atoms with Crippen molar-refractivity contribution in [2.24, 2.45) is 0 Å². The van der Waals surface area contributed by atoms with Crippen LogP contribution in [0.4, 0.5) is 0 Å². The molecule has 3 aliphatic rings. The van der Waals surface area contributed by atoms with E-state index in [-0.39, 0.29) is 100.0 Å². The van der Waals surface area contributed by atoms with E-state index < -0.39 is 33.6 Å². The van der Waals surface area contributed by atoms with Crippen LogP contribution in [0.15, 0.2) is 0 Å². The van der Waals surface area contributed by atoms with Crippen molar-refractivity contribution < 1.29 is 66.8 Å². The summed E-state index contributed by atoms with van der Waals surface area (Å²) in [6, 6.07) is 0. The Bertz CT molecular complexity index is 1920. The molecular weight excluding hydrogens is 1100 g/mol. The van der Waals surface area contributed by atoms with Crippen LogP contribution < -0.4 is 0 Å². The minimum atomic E-state index is -0.698. The summed E-state index contributed by atoms with van der Waals surface area (Å²) >= 11 is 0. The van der Waals surface area contributed by atoms with E-state index >= 15 is 0 Å². The first kappa shape index (κ1) is 74.7. The number of amides is 2. The van der Waals surface area contributed by atoms with Gasteiger partial charge in [-0.1, -0.05) is 0 Å². The average Bonchev–Trinajstić information content (AvgIpc) is 3.85. The van der Waals surface area contributed by atoms with Crippen LogP contribution in [0, 0.1) is 0 Å². The Labute approximate surface area is 509 Å². The maximum Gasteiger partial charge on any atom is 0.320 e. The second kappa shape index (κ2) is 33.7. The van der Waals surface area contributed by atoms with Crippen molar-refractivity contribution in [3.63, 3.8) is 0 Å². The molecule has 0 radical (unpaired) electrons. The van der Waals surface area contributed by atoms with Gasteiger partial charge in [-0.15, -0.1) is 0 Å². The smallest absolute Gasteiger partial charge is 0.320 e. The van der Waals surface area contributed by atoms with E-state index in [1.54, 1.807) is 9.80 Å². The first-order chi connectivity index (χ1) is 39.1. The van der Waals surface area contributed by atoms with Crippen LogP contribution in [0.3, 0.4) is 0 Å². The van der Waals surface area contributed by atoms with Gasteiger partial charge in [0.05, 0.1) is 52.4 Å². The van der Waals surface area contributed by atoms with E-state index in [0.29, 0.717) is 137 Å². The van der Waals surface area contributed by atoms with Crippen LogP contribution in [0.2, 0.25) is 0 Å². The Kier molecular flexibility index (Phi) is 29.6. The molecule has 0 aromatic heterocycles. The van der Waals surface area contributed by atoms with Crippen molar-refractivity contribution in [3.8, 4) is 0 Å². The second-order valence-corrected chi connectivity index (χ2v) is 28.8. The molecule has 3 aliphatic heterocycles. The lowest BCUT2D eigenvalue weighted by Gasteiger charge is -2.35. The number of carbonyl (C=O) groups excluding carboxylic acids is 8. The molecule has 0 bridgehead atoms. The highest BCUT2D eigenvalue weighted by Gasteiger charge is 2.31. The Morgan fingerprint density at radius 3 is 0.506 bits per heavy atom. The maximum atomic E-state index is 14.5. The lowest BCUT2D eigenvalue weighted by molar-refractivity contribution is -0.158. The molecule has 0 aliphatic carbocycles. The summed E-state index contributed by atoms with van der Waals surface area (Å²) in [5, 5.41) is 0. The predicted molar refractivity (Wildman–Crippen MR) is 324 cm³/mol. The number of hydrogen-bond donors (Lipinski definition) is 0. The SMILES string of the molecule is CC(C)(C)OC(=O)CN1CCN(CC(=O)OC(C)(C)C)CCN(CC(=O)N2CCCN(C(=O)CN3CCN(CC(=O)OC(C)(C)C)CCN(CC(=O)OC(C)(C)C)CCN(CC(=O)OC(C)(C)C)CC3)CC2)CCN(CC(=O)OC(C)(C)C)CC1. The predicted octanol–water partition coefficient (Wildman–Crippen LogP) is 2.54. The van der Waals surface area contributed by atoms with E-state index in [2.05, 4.69) is 0 Å². The van der Waals surface area contributed by atoms with Crippen LogP contribution in [-0.2, 0) is 66.8 Å².